The quantitative estimate of drug-likeness (QED) is 0.110. The molecule has 0 saturated carbocycles. The van der Waals surface area contributed by atoms with Gasteiger partial charge in [0.2, 0.25) is 0 Å². The molecule has 1 heterocycles. The first-order chi connectivity index (χ1) is 23.2. The highest BCUT2D eigenvalue weighted by molar-refractivity contribution is 7.97. The number of benzene rings is 6. The standard InChI is InChI=1S/C36H30N3O6P3/c40-26-6-16-32(17-7-26)46(33-18-8-27(41)9-19-33)37-47(34-20-10-28(42)11-21-34,35-22-12-29(43)13-23-35)39-48(38-46,36-24-14-30(44)15-25-36)45-31-4-2-1-3-5-31/h1-25,40-44H. The molecule has 0 spiro atoms. The second-order valence-corrected chi connectivity index (χ2v) is 19.4. The molecule has 5 N–H and O–H groups in total. The second kappa shape index (κ2) is 12.4. The molecular formula is C36H30N3O6P3. The number of nitrogens with zero attached hydrogens (tertiary/aromatic N) is 3. The molecule has 0 amide bonds. The van der Waals surface area contributed by atoms with Gasteiger partial charge in [-0.2, -0.15) is 9.03 Å². The van der Waals surface area contributed by atoms with Crippen molar-refractivity contribution in [3.8, 4) is 34.5 Å². The van der Waals surface area contributed by atoms with Gasteiger partial charge in [0.15, 0.2) is 0 Å². The fourth-order valence-electron chi connectivity index (χ4n) is 5.41. The molecule has 240 valence electrons. The summed E-state index contributed by atoms with van der Waals surface area (Å²) in [5.74, 6) is 0.877. The minimum atomic E-state index is -3.54. The van der Waals surface area contributed by atoms with Gasteiger partial charge < -0.3 is 30.1 Å². The van der Waals surface area contributed by atoms with Crippen molar-refractivity contribution < 1.29 is 30.1 Å². The van der Waals surface area contributed by atoms with Gasteiger partial charge in [0.05, 0.1) is 5.30 Å². The van der Waals surface area contributed by atoms with Crippen LogP contribution in [0.2, 0.25) is 0 Å². The molecule has 0 aromatic heterocycles. The Bertz CT molecular complexity index is 2070. The molecule has 1 atom stereocenters. The van der Waals surface area contributed by atoms with Crippen molar-refractivity contribution in [3.63, 3.8) is 0 Å². The first-order valence-corrected chi connectivity index (χ1v) is 19.8. The van der Waals surface area contributed by atoms with Gasteiger partial charge >= 0.3 is 0 Å². The Labute approximate surface area is 277 Å². The number of hydrogen-bond donors (Lipinski definition) is 5. The Balaban J connectivity index is 1.75. The Morgan fingerprint density at radius 2 is 0.646 bits per heavy atom. The normalized spacial score (nSPS) is 17.7. The van der Waals surface area contributed by atoms with Crippen molar-refractivity contribution in [1.82, 2.24) is 0 Å². The molecule has 9 nitrogen and oxygen atoms in total. The zero-order valence-electron chi connectivity index (χ0n) is 25.3. The van der Waals surface area contributed by atoms with Gasteiger partial charge in [-0.3, -0.25) is 0 Å². The number of para-hydroxylation sites is 1. The molecule has 1 aliphatic rings. The Morgan fingerprint density at radius 1 is 0.333 bits per heavy atom. The van der Waals surface area contributed by atoms with Crippen LogP contribution in [-0.4, -0.2) is 25.5 Å². The van der Waals surface area contributed by atoms with Crippen LogP contribution in [0.15, 0.2) is 165 Å². The van der Waals surface area contributed by atoms with Crippen molar-refractivity contribution in [2.24, 2.45) is 13.5 Å². The molecule has 0 aliphatic carbocycles. The van der Waals surface area contributed by atoms with Crippen LogP contribution in [-0.2, 0) is 0 Å². The summed E-state index contributed by atoms with van der Waals surface area (Å²) in [6.45, 7) is 0. The fraction of sp³-hybridized carbons (Fsp3) is 0. The van der Waals surface area contributed by atoms with Gasteiger partial charge in [0.1, 0.15) is 48.9 Å². The highest BCUT2D eigenvalue weighted by atomic mass is 31.3. The number of hydrogen-bond acceptors (Lipinski definition) is 9. The van der Waals surface area contributed by atoms with E-state index in [0.717, 1.165) is 0 Å². The average molecular weight is 694 g/mol. The first kappa shape index (κ1) is 31.4. The largest absolute Gasteiger partial charge is 0.508 e. The molecule has 7 rings (SSSR count). The van der Waals surface area contributed by atoms with Crippen molar-refractivity contribution in [2.45, 2.75) is 0 Å². The van der Waals surface area contributed by atoms with E-state index in [1.165, 1.54) is 0 Å². The van der Waals surface area contributed by atoms with Crippen LogP contribution in [0.3, 0.4) is 0 Å². The zero-order chi connectivity index (χ0) is 33.4. The van der Waals surface area contributed by atoms with E-state index in [-0.39, 0.29) is 28.7 Å². The summed E-state index contributed by atoms with van der Waals surface area (Å²) in [7, 11) is -10.2. The maximum absolute atomic E-state index is 10.4. The van der Waals surface area contributed by atoms with Gasteiger partial charge in [-0.15, -0.1) is 0 Å². The molecule has 12 heteroatoms. The van der Waals surface area contributed by atoms with E-state index in [9.17, 15) is 25.5 Å². The van der Waals surface area contributed by atoms with Crippen LogP contribution in [0.1, 0.15) is 0 Å². The SMILES string of the molecule is Oc1ccc(P2(Oc3ccccc3)=NP(c3ccc(O)cc3)(c3ccc(O)cc3)=NP(c3ccc(O)cc3)(c3ccc(O)cc3)=N2)cc1. The molecule has 0 bridgehead atoms. The molecule has 6 aromatic carbocycles. The summed E-state index contributed by atoms with van der Waals surface area (Å²) in [4.78, 5) is 0. The summed E-state index contributed by atoms with van der Waals surface area (Å²) in [5.41, 5.74) is 0. The van der Waals surface area contributed by atoms with Crippen LogP contribution in [0, 0.1) is 0 Å². The molecule has 0 fully saturated rings. The molecule has 6 aromatic rings. The lowest BCUT2D eigenvalue weighted by Crippen LogP contribution is -2.23. The molecular weight excluding hydrogens is 663 g/mol. The third-order valence-corrected chi connectivity index (χ3v) is 19.4. The van der Waals surface area contributed by atoms with Gasteiger partial charge in [0.25, 0.3) is 7.43 Å². The molecule has 1 unspecified atom stereocenters. The van der Waals surface area contributed by atoms with E-state index in [1.807, 2.05) is 30.3 Å². The monoisotopic (exact) mass is 693 g/mol. The first-order valence-electron chi connectivity index (χ1n) is 14.8. The van der Waals surface area contributed by atoms with Crippen LogP contribution >= 0.6 is 21.8 Å². The number of phenolic OH excluding ortho intramolecular Hbond substituents is 5. The van der Waals surface area contributed by atoms with Gasteiger partial charge in [-0.1, -0.05) is 18.2 Å². The molecule has 0 saturated heterocycles. The minimum Gasteiger partial charge on any atom is -0.508 e. The van der Waals surface area contributed by atoms with Crippen molar-refractivity contribution in [3.05, 3.63) is 152 Å². The van der Waals surface area contributed by atoms with Gasteiger partial charge in [-0.05, 0) is 133 Å². The smallest absolute Gasteiger partial charge is 0.284 e. The number of rotatable bonds is 7. The predicted octanol–water partition coefficient (Wildman–Crippen LogP) is 7.50. The van der Waals surface area contributed by atoms with Crippen LogP contribution in [0.5, 0.6) is 34.5 Å². The van der Waals surface area contributed by atoms with Gasteiger partial charge in [-0.25, -0.2) is 4.52 Å². The fourth-order valence-corrected chi connectivity index (χ4v) is 19.5. The number of phenols is 5. The van der Waals surface area contributed by atoms with E-state index in [1.54, 1.807) is 121 Å². The van der Waals surface area contributed by atoms with Crippen LogP contribution < -0.4 is 31.0 Å². The topological polar surface area (TPSA) is 147 Å². The molecule has 0 radical (unpaired) electrons. The van der Waals surface area contributed by atoms with Crippen LogP contribution in [0.25, 0.3) is 0 Å². The van der Waals surface area contributed by atoms with E-state index in [0.29, 0.717) is 32.3 Å². The summed E-state index contributed by atoms with van der Waals surface area (Å²) < 4.78 is 24.2. The van der Waals surface area contributed by atoms with Crippen LogP contribution in [0.4, 0.5) is 0 Å². The summed E-state index contributed by atoms with van der Waals surface area (Å²) in [6, 6.07) is 43.0. The summed E-state index contributed by atoms with van der Waals surface area (Å²) >= 11 is 0. The van der Waals surface area contributed by atoms with Crippen molar-refractivity contribution in [1.29, 1.82) is 0 Å². The molecule has 1 aliphatic heterocycles. The van der Waals surface area contributed by atoms with Gasteiger partial charge in [0, 0.05) is 21.2 Å². The Kier molecular flexibility index (Phi) is 8.14. The van der Waals surface area contributed by atoms with E-state index in [2.05, 4.69) is 0 Å². The maximum atomic E-state index is 10.4. The Hall–Kier alpha value is -5.19. The lowest BCUT2D eigenvalue weighted by molar-refractivity contribution is 0.475. The summed E-state index contributed by atoms with van der Waals surface area (Å²) in [6.07, 6.45) is 0. The van der Waals surface area contributed by atoms with E-state index >= 15 is 0 Å². The predicted molar refractivity (Wildman–Crippen MR) is 194 cm³/mol. The molecule has 48 heavy (non-hydrogen) atoms. The average Bonchev–Trinajstić information content (AvgIpc) is 3.10. The second-order valence-electron chi connectivity index (χ2n) is 11.0. The lowest BCUT2D eigenvalue weighted by atomic mass is 10.3. The third kappa shape index (κ3) is 5.78. The maximum Gasteiger partial charge on any atom is 0.284 e. The summed E-state index contributed by atoms with van der Waals surface area (Å²) in [5, 5.41) is 55.3. The van der Waals surface area contributed by atoms with E-state index in [4.69, 9.17) is 18.1 Å². The highest BCUT2D eigenvalue weighted by Gasteiger charge is 2.43. The highest BCUT2D eigenvalue weighted by Crippen LogP contribution is 2.76. The van der Waals surface area contributed by atoms with E-state index < -0.39 is 21.8 Å². The van der Waals surface area contributed by atoms with Crippen molar-refractivity contribution in [2.75, 3.05) is 0 Å². The lowest BCUT2D eigenvalue weighted by Gasteiger charge is -2.37. The van der Waals surface area contributed by atoms with Crippen molar-refractivity contribution >= 4 is 48.4 Å². The zero-order valence-corrected chi connectivity index (χ0v) is 27.9. The Morgan fingerprint density at radius 3 is 1.00 bits per heavy atom. The number of aromatic hydroxyl groups is 5. The third-order valence-electron chi connectivity index (χ3n) is 7.76. The minimum absolute atomic E-state index is 0.0644.